The lowest BCUT2D eigenvalue weighted by atomic mass is 9.91. The fourth-order valence-corrected chi connectivity index (χ4v) is 3.53. The highest BCUT2D eigenvalue weighted by Crippen LogP contribution is 2.47. The van der Waals surface area contributed by atoms with Crippen molar-refractivity contribution in [2.24, 2.45) is 0 Å². The minimum absolute atomic E-state index is 0.124. The predicted octanol–water partition coefficient (Wildman–Crippen LogP) is 5.25. The van der Waals surface area contributed by atoms with Gasteiger partial charge in [-0.3, -0.25) is 4.79 Å². The van der Waals surface area contributed by atoms with E-state index < -0.39 is 65.6 Å². The number of hydrogen-bond donors (Lipinski definition) is 2. The van der Waals surface area contributed by atoms with Crippen molar-refractivity contribution in [1.29, 1.82) is 0 Å². The van der Waals surface area contributed by atoms with Gasteiger partial charge in [0.1, 0.15) is 17.4 Å². The molecule has 0 heterocycles. The number of amides is 1. The number of rotatable bonds is 8. The van der Waals surface area contributed by atoms with Crippen LogP contribution in [-0.2, 0) is 15.9 Å². The van der Waals surface area contributed by atoms with E-state index in [1.165, 1.54) is 0 Å². The molecule has 1 saturated carbocycles. The van der Waals surface area contributed by atoms with Crippen molar-refractivity contribution < 1.29 is 45.4 Å². The van der Waals surface area contributed by atoms with Gasteiger partial charge in [0.15, 0.2) is 6.61 Å². The lowest BCUT2D eigenvalue weighted by Gasteiger charge is -2.26. The van der Waals surface area contributed by atoms with Crippen molar-refractivity contribution in [3.63, 3.8) is 0 Å². The lowest BCUT2D eigenvalue weighted by Crippen LogP contribution is -2.39. The monoisotopic (exact) mass is 479 g/mol. The average Bonchev–Trinajstić information content (AvgIpc) is 3.45. The normalized spacial score (nSPS) is 16.9. The van der Waals surface area contributed by atoms with Crippen molar-refractivity contribution >= 4 is 5.91 Å². The molecule has 4 nitrogen and oxygen atoms in total. The van der Waals surface area contributed by atoms with Crippen LogP contribution in [-0.4, -0.2) is 23.8 Å². The minimum atomic E-state index is -4.67. The SMILES string of the molecule is C[C@@](O)(CC(=O)NC1(c2cc(OCC(F)(F)F)cc(C(F)F)c2)CC1)c1ccc(F)cc1F. The van der Waals surface area contributed by atoms with E-state index in [9.17, 15) is 40.6 Å². The summed E-state index contributed by atoms with van der Waals surface area (Å²) < 4.78 is 95.8. The Morgan fingerprint density at radius 1 is 1.15 bits per heavy atom. The van der Waals surface area contributed by atoms with Crippen LogP contribution >= 0.6 is 0 Å². The van der Waals surface area contributed by atoms with E-state index in [4.69, 9.17) is 0 Å². The van der Waals surface area contributed by atoms with Crippen LogP contribution in [0.2, 0.25) is 0 Å². The predicted molar refractivity (Wildman–Crippen MR) is 103 cm³/mol. The Labute approximate surface area is 184 Å². The Morgan fingerprint density at radius 2 is 1.82 bits per heavy atom. The third kappa shape index (κ3) is 6.16. The summed E-state index contributed by atoms with van der Waals surface area (Å²) in [7, 11) is 0. The molecule has 2 aromatic rings. The molecule has 1 amide bonds. The molecule has 2 aromatic carbocycles. The van der Waals surface area contributed by atoms with Gasteiger partial charge in [0.05, 0.1) is 17.6 Å². The number of benzene rings is 2. The molecule has 1 atom stereocenters. The van der Waals surface area contributed by atoms with E-state index in [1.807, 2.05) is 0 Å². The van der Waals surface area contributed by atoms with Gasteiger partial charge in [0.2, 0.25) is 5.91 Å². The number of aliphatic hydroxyl groups is 1. The molecule has 0 radical (unpaired) electrons. The van der Waals surface area contributed by atoms with Crippen LogP contribution in [0.1, 0.15) is 49.3 Å². The Kier molecular flexibility index (Phi) is 6.65. The molecule has 1 aliphatic carbocycles. The third-order valence-corrected chi connectivity index (χ3v) is 5.28. The van der Waals surface area contributed by atoms with Crippen LogP contribution in [0.5, 0.6) is 5.75 Å². The van der Waals surface area contributed by atoms with Gasteiger partial charge in [-0.2, -0.15) is 13.2 Å². The van der Waals surface area contributed by atoms with E-state index in [0.29, 0.717) is 18.9 Å². The number of carbonyl (C=O) groups is 1. The van der Waals surface area contributed by atoms with Crippen LogP contribution in [0.15, 0.2) is 36.4 Å². The fourth-order valence-electron chi connectivity index (χ4n) is 3.53. The van der Waals surface area contributed by atoms with Gasteiger partial charge in [-0.25, -0.2) is 17.6 Å². The van der Waals surface area contributed by atoms with Gasteiger partial charge in [-0.1, -0.05) is 6.07 Å². The maximum absolute atomic E-state index is 14.0. The molecule has 1 fully saturated rings. The van der Waals surface area contributed by atoms with Crippen molar-refractivity contribution in [2.75, 3.05) is 6.61 Å². The van der Waals surface area contributed by atoms with Gasteiger partial charge in [0, 0.05) is 17.2 Å². The molecule has 180 valence electrons. The summed E-state index contributed by atoms with van der Waals surface area (Å²) >= 11 is 0. The molecule has 2 N–H and O–H groups in total. The molecule has 0 bridgehead atoms. The first-order valence-corrected chi connectivity index (χ1v) is 9.83. The summed E-state index contributed by atoms with van der Waals surface area (Å²) in [5, 5.41) is 13.2. The first-order valence-electron chi connectivity index (χ1n) is 9.83. The van der Waals surface area contributed by atoms with Crippen LogP contribution < -0.4 is 10.1 Å². The average molecular weight is 479 g/mol. The molecule has 3 rings (SSSR count). The highest BCUT2D eigenvalue weighted by Gasteiger charge is 2.47. The fraction of sp³-hybridized carbons (Fsp3) is 0.409. The number of alkyl halides is 5. The molecular formula is C22H20F7NO3. The molecule has 0 unspecified atom stereocenters. The van der Waals surface area contributed by atoms with E-state index in [1.54, 1.807) is 0 Å². The van der Waals surface area contributed by atoms with Crippen LogP contribution in [0, 0.1) is 11.6 Å². The number of carbonyl (C=O) groups excluding carboxylic acids is 1. The second kappa shape index (κ2) is 8.85. The van der Waals surface area contributed by atoms with Crippen molar-refractivity contribution in [3.05, 3.63) is 64.7 Å². The van der Waals surface area contributed by atoms with Crippen LogP contribution in [0.25, 0.3) is 0 Å². The zero-order valence-electron chi connectivity index (χ0n) is 17.3. The summed E-state index contributed by atoms with van der Waals surface area (Å²) in [6, 6.07) is 5.48. The van der Waals surface area contributed by atoms with E-state index in [-0.39, 0.29) is 11.1 Å². The number of nitrogens with one attached hydrogen (secondary N) is 1. The van der Waals surface area contributed by atoms with E-state index >= 15 is 0 Å². The van der Waals surface area contributed by atoms with Crippen molar-refractivity contribution in [2.45, 2.75) is 49.9 Å². The molecule has 33 heavy (non-hydrogen) atoms. The molecule has 11 heteroatoms. The summed E-state index contributed by atoms with van der Waals surface area (Å²) in [4.78, 5) is 12.6. The van der Waals surface area contributed by atoms with Gasteiger partial charge in [0.25, 0.3) is 6.43 Å². The van der Waals surface area contributed by atoms with Crippen molar-refractivity contribution in [1.82, 2.24) is 5.32 Å². The highest BCUT2D eigenvalue weighted by molar-refractivity contribution is 5.79. The number of ether oxygens (including phenoxy) is 1. The zero-order chi connectivity index (χ0) is 24.6. The lowest BCUT2D eigenvalue weighted by molar-refractivity contribution is -0.153. The Hall–Kier alpha value is -2.82. The third-order valence-electron chi connectivity index (χ3n) is 5.28. The molecule has 0 aliphatic heterocycles. The zero-order valence-corrected chi connectivity index (χ0v) is 17.3. The standard InChI is InChI=1S/C22H20F7NO3/c1-20(32,16-3-2-14(23)9-17(16)24)10-18(31)30-21(4-5-21)13-6-12(19(25)26)7-15(8-13)33-11-22(27,28)29/h2-3,6-9,19,32H,4-5,10-11H2,1H3,(H,30,31)/t20-/m1/s1. The largest absolute Gasteiger partial charge is 0.484 e. The van der Waals surface area contributed by atoms with Gasteiger partial charge >= 0.3 is 6.18 Å². The smallest absolute Gasteiger partial charge is 0.422 e. The molecule has 1 aliphatic rings. The molecule has 0 saturated heterocycles. The highest BCUT2D eigenvalue weighted by atomic mass is 19.4. The van der Waals surface area contributed by atoms with E-state index in [0.717, 1.165) is 37.3 Å². The molecular weight excluding hydrogens is 459 g/mol. The Balaban J connectivity index is 1.79. The van der Waals surface area contributed by atoms with Gasteiger partial charge in [-0.05, 0) is 49.6 Å². The first kappa shape index (κ1) is 24.8. The maximum Gasteiger partial charge on any atom is 0.422 e. The number of hydrogen-bond acceptors (Lipinski definition) is 3. The second-order valence-electron chi connectivity index (χ2n) is 8.20. The van der Waals surface area contributed by atoms with Gasteiger partial charge in [-0.15, -0.1) is 0 Å². The Morgan fingerprint density at radius 3 is 2.36 bits per heavy atom. The minimum Gasteiger partial charge on any atom is -0.484 e. The second-order valence-corrected chi connectivity index (χ2v) is 8.20. The number of halogens is 7. The van der Waals surface area contributed by atoms with E-state index in [2.05, 4.69) is 10.1 Å². The topological polar surface area (TPSA) is 58.6 Å². The summed E-state index contributed by atoms with van der Waals surface area (Å²) in [5.41, 5.74) is -3.92. The molecule has 0 aromatic heterocycles. The molecule has 0 spiro atoms. The van der Waals surface area contributed by atoms with Gasteiger partial charge < -0.3 is 15.2 Å². The Bertz CT molecular complexity index is 1030. The first-order chi connectivity index (χ1) is 15.2. The summed E-state index contributed by atoms with van der Waals surface area (Å²) in [6.45, 7) is -0.520. The maximum atomic E-state index is 14.0. The quantitative estimate of drug-likeness (QED) is 0.509. The summed E-state index contributed by atoms with van der Waals surface area (Å²) in [5.74, 6) is -3.11. The van der Waals surface area contributed by atoms with Crippen molar-refractivity contribution in [3.8, 4) is 5.75 Å². The van der Waals surface area contributed by atoms with Crippen LogP contribution in [0.4, 0.5) is 30.7 Å². The van der Waals surface area contributed by atoms with Crippen LogP contribution in [0.3, 0.4) is 0 Å². The summed E-state index contributed by atoms with van der Waals surface area (Å²) in [6.07, 6.45) is -7.70.